The van der Waals surface area contributed by atoms with Crippen LogP contribution in [0.2, 0.25) is 0 Å². The van der Waals surface area contributed by atoms with Crippen LogP contribution >= 0.6 is 0 Å². The summed E-state index contributed by atoms with van der Waals surface area (Å²) in [5.41, 5.74) is 2.59. The standard InChI is InChI=1S/C25H24N4O5/c1-12-9-14(3)21-16(10-12)25(24(32)26-21)20-19(17-5-4-8-27(17)25)22(30)28(23(20)31)15-7-6-13(2)18(11-15)29(33)34/h6-7,9-11,17,19-20H,4-5,8H2,1-3H3,(H,26,32)/t17-,19-,20-,25+/m0/s1. The molecule has 34 heavy (non-hydrogen) atoms. The van der Waals surface area contributed by atoms with Gasteiger partial charge in [0.1, 0.15) is 5.54 Å². The second-order valence-corrected chi connectivity index (χ2v) is 9.87. The summed E-state index contributed by atoms with van der Waals surface area (Å²) < 4.78 is 0. The van der Waals surface area contributed by atoms with Crippen LogP contribution in [-0.2, 0) is 19.9 Å². The van der Waals surface area contributed by atoms with Crippen LogP contribution in [0.15, 0.2) is 30.3 Å². The summed E-state index contributed by atoms with van der Waals surface area (Å²) in [7, 11) is 0. The first-order valence-corrected chi connectivity index (χ1v) is 11.5. The van der Waals surface area contributed by atoms with Crippen LogP contribution in [0.25, 0.3) is 0 Å². The van der Waals surface area contributed by atoms with Gasteiger partial charge < -0.3 is 5.32 Å². The van der Waals surface area contributed by atoms with E-state index in [9.17, 15) is 24.5 Å². The van der Waals surface area contributed by atoms with Crippen LogP contribution < -0.4 is 10.2 Å². The lowest BCUT2D eigenvalue weighted by atomic mass is 9.75. The Morgan fingerprint density at radius 2 is 1.82 bits per heavy atom. The molecule has 0 saturated carbocycles. The van der Waals surface area contributed by atoms with Crippen LogP contribution in [-0.4, -0.2) is 40.1 Å². The maximum Gasteiger partial charge on any atom is 0.274 e. The van der Waals surface area contributed by atoms with Crippen LogP contribution in [0.3, 0.4) is 0 Å². The Balaban J connectivity index is 1.55. The van der Waals surface area contributed by atoms with Gasteiger partial charge in [0.15, 0.2) is 0 Å². The summed E-state index contributed by atoms with van der Waals surface area (Å²) in [6.07, 6.45) is 1.55. The van der Waals surface area contributed by atoms with E-state index < -0.39 is 28.2 Å². The number of carbonyl (C=O) groups is 3. The van der Waals surface area contributed by atoms with Crippen LogP contribution in [0, 0.1) is 42.7 Å². The number of nitrogens with one attached hydrogen (secondary N) is 1. The maximum atomic E-state index is 14.0. The number of anilines is 2. The minimum atomic E-state index is -1.25. The van der Waals surface area contributed by atoms with E-state index in [4.69, 9.17) is 0 Å². The molecule has 0 unspecified atom stereocenters. The summed E-state index contributed by atoms with van der Waals surface area (Å²) in [6.45, 7) is 6.13. The first-order chi connectivity index (χ1) is 16.2. The number of hydrogen-bond donors (Lipinski definition) is 1. The van der Waals surface area contributed by atoms with E-state index in [1.54, 1.807) is 19.1 Å². The molecule has 1 N–H and O–H groups in total. The molecule has 2 aromatic carbocycles. The van der Waals surface area contributed by atoms with E-state index in [1.807, 2.05) is 26.0 Å². The summed E-state index contributed by atoms with van der Waals surface area (Å²) in [5.74, 6) is -2.67. The third kappa shape index (κ3) is 2.34. The van der Waals surface area contributed by atoms with Crippen LogP contribution in [0.4, 0.5) is 17.1 Å². The number of nitro benzene ring substituents is 1. The molecule has 6 rings (SSSR count). The fraction of sp³-hybridized carbons (Fsp3) is 0.400. The predicted octanol–water partition coefficient (Wildman–Crippen LogP) is 2.95. The fourth-order valence-corrected chi connectivity index (χ4v) is 6.85. The van der Waals surface area contributed by atoms with Gasteiger partial charge in [0.25, 0.3) is 5.69 Å². The molecule has 3 fully saturated rings. The van der Waals surface area contributed by atoms with E-state index in [0.29, 0.717) is 17.8 Å². The Morgan fingerprint density at radius 3 is 2.56 bits per heavy atom. The Labute approximate surface area is 195 Å². The van der Waals surface area contributed by atoms with E-state index in [1.165, 1.54) is 6.07 Å². The molecule has 0 radical (unpaired) electrons. The molecule has 4 aliphatic heterocycles. The van der Waals surface area contributed by atoms with Crippen molar-refractivity contribution in [2.24, 2.45) is 11.8 Å². The fourth-order valence-electron chi connectivity index (χ4n) is 6.85. The number of aryl methyl sites for hydroxylation is 3. The third-order valence-electron chi connectivity index (χ3n) is 8.09. The molecule has 3 saturated heterocycles. The molecule has 9 heteroatoms. The Kier molecular flexibility index (Phi) is 4.15. The van der Waals surface area contributed by atoms with E-state index in [-0.39, 0.29) is 29.2 Å². The molecule has 2 aromatic rings. The lowest BCUT2D eigenvalue weighted by Crippen LogP contribution is -2.54. The van der Waals surface area contributed by atoms with Crippen molar-refractivity contribution >= 4 is 34.8 Å². The number of benzene rings is 2. The normalized spacial score (nSPS) is 29.6. The minimum Gasteiger partial charge on any atom is -0.324 e. The van der Waals surface area contributed by atoms with Crippen molar-refractivity contribution in [2.45, 2.75) is 45.2 Å². The zero-order valence-corrected chi connectivity index (χ0v) is 19.1. The molecule has 4 aliphatic rings. The highest BCUT2D eigenvalue weighted by atomic mass is 16.6. The zero-order chi connectivity index (χ0) is 24.1. The van der Waals surface area contributed by atoms with Crippen molar-refractivity contribution < 1.29 is 19.3 Å². The number of nitrogens with zero attached hydrogens (tertiary/aromatic N) is 3. The van der Waals surface area contributed by atoms with Gasteiger partial charge in [-0.25, -0.2) is 4.90 Å². The second-order valence-electron chi connectivity index (χ2n) is 9.87. The Bertz CT molecular complexity index is 1340. The molecule has 1 spiro atoms. The number of hydrogen-bond acceptors (Lipinski definition) is 6. The number of imide groups is 1. The predicted molar refractivity (Wildman–Crippen MR) is 123 cm³/mol. The SMILES string of the molecule is Cc1cc(C)c2c(c1)[C@]1(C(=O)N2)[C@@H]2C(=O)N(c3ccc(C)c([N+](=O)[O-])c3)C(=O)[C@H]2[C@@H]2CCCN21. The molecule has 4 atom stereocenters. The first kappa shape index (κ1) is 21.0. The molecule has 4 heterocycles. The third-order valence-corrected chi connectivity index (χ3v) is 8.09. The Hall–Kier alpha value is -3.59. The zero-order valence-electron chi connectivity index (χ0n) is 19.1. The number of fused-ring (bicyclic) bond motifs is 7. The maximum absolute atomic E-state index is 14.0. The second kappa shape index (κ2) is 6.73. The van der Waals surface area contributed by atoms with Gasteiger partial charge in [0.2, 0.25) is 17.7 Å². The quantitative estimate of drug-likeness (QED) is 0.419. The largest absolute Gasteiger partial charge is 0.324 e. The van der Waals surface area contributed by atoms with Gasteiger partial charge in [-0.1, -0.05) is 23.8 Å². The smallest absolute Gasteiger partial charge is 0.274 e. The summed E-state index contributed by atoms with van der Waals surface area (Å²) in [5, 5.41) is 14.5. The van der Waals surface area contributed by atoms with Crippen molar-refractivity contribution in [3.63, 3.8) is 0 Å². The van der Waals surface area contributed by atoms with Gasteiger partial charge >= 0.3 is 0 Å². The van der Waals surface area contributed by atoms with E-state index >= 15 is 0 Å². The van der Waals surface area contributed by atoms with Gasteiger partial charge in [-0.2, -0.15) is 0 Å². The van der Waals surface area contributed by atoms with Gasteiger partial charge in [-0.3, -0.25) is 29.4 Å². The summed E-state index contributed by atoms with van der Waals surface area (Å²) >= 11 is 0. The van der Waals surface area contributed by atoms with E-state index in [2.05, 4.69) is 10.2 Å². The average Bonchev–Trinajstić information content (AvgIpc) is 3.48. The molecule has 0 aromatic heterocycles. The Morgan fingerprint density at radius 1 is 1.06 bits per heavy atom. The average molecular weight is 460 g/mol. The lowest BCUT2D eigenvalue weighted by molar-refractivity contribution is -0.385. The molecule has 3 amide bonds. The van der Waals surface area contributed by atoms with Crippen molar-refractivity contribution in [1.82, 2.24) is 4.90 Å². The number of nitro groups is 1. The summed E-state index contributed by atoms with van der Waals surface area (Å²) in [4.78, 5) is 55.7. The molecule has 0 bridgehead atoms. The molecule has 9 nitrogen and oxygen atoms in total. The topological polar surface area (TPSA) is 113 Å². The highest BCUT2D eigenvalue weighted by molar-refractivity contribution is 6.26. The monoisotopic (exact) mass is 460 g/mol. The van der Waals surface area contributed by atoms with Crippen LogP contribution in [0.1, 0.15) is 35.1 Å². The highest BCUT2D eigenvalue weighted by Crippen LogP contribution is 2.61. The summed E-state index contributed by atoms with van der Waals surface area (Å²) in [6, 6.07) is 8.10. The van der Waals surface area contributed by atoms with Crippen molar-refractivity contribution in [3.8, 4) is 0 Å². The number of rotatable bonds is 2. The van der Waals surface area contributed by atoms with Crippen molar-refractivity contribution in [1.29, 1.82) is 0 Å². The minimum absolute atomic E-state index is 0.150. The van der Waals surface area contributed by atoms with Gasteiger partial charge in [-0.05, 0) is 51.8 Å². The van der Waals surface area contributed by atoms with Crippen LogP contribution in [0.5, 0.6) is 0 Å². The van der Waals surface area contributed by atoms with Crippen molar-refractivity contribution in [2.75, 3.05) is 16.8 Å². The van der Waals surface area contributed by atoms with Crippen molar-refractivity contribution in [3.05, 3.63) is 62.7 Å². The first-order valence-electron chi connectivity index (χ1n) is 11.5. The van der Waals surface area contributed by atoms with Gasteiger partial charge in [0, 0.05) is 28.9 Å². The molecule has 0 aliphatic carbocycles. The molecule has 174 valence electrons. The lowest BCUT2D eigenvalue weighted by Gasteiger charge is -2.36. The van der Waals surface area contributed by atoms with Gasteiger partial charge in [-0.15, -0.1) is 0 Å². The highest BCUT2D eigenvalue weighted by Gasteiger charge is 2.74. The molecular weight excluding hydrogens is 436 g/mol. The number of carbonyl (C=O) groups excluding carboxylic acids is 3. The molecular formula is C25H24N4O5. The van der Waals surface area contributed by atoms with E-state index in [0.717, 1.165) is 34.4 Å². The number of amides is 3. The van der Waals surface area contributed by atoms with Gasteiger partial charge in [0.05, 0.1) is 22.4 Å².